The zero-order valence-electron chi connectivity index (χ0n) is 27.9. The number of ether oxygens (including phenoxy) is 4. The van der Waals surface area contributed by atoms with Crippen LogP contribution in [0.25, 0.3) is 0 Å². The van der Waals surface area contributed by atoms with Crippen molar-refractivity contribution in [2.24, 2.45) is 16.8 Å². The van der Waals surface area contributed by atoms with Crippen LogP contribution in [0.5, 0.6) is 0 Å². The third-order valence-corrected chi connectivity index (χ3v) is 5.51. The summed E-state index contributed by atoms with van der Waals surface area (Å²) in [5, 5.41) is 0. The van der Waals surface area contributed by atoms with Gasteiger partial charge in [-0.05, 0) is 51.8 Å². The van der Waals surface area contributed by atoms with Crippen molar-refractivity contribution in [2.75, 3.05) is 35.0 Å². The molecule has 0 aliphatic rings. The van der Waals surface area contributed by atoms with Crippen LogP contribution in [0.4, 0.5) is 0 Å². The third-order valence-electron chi connectivity index (χ3n) is 5.51. The number of allylic oxidation sites excluding steroid dienone is 1. The molecule has 10 nitrogen and oxygen atoms in total. The number of rotatable bonds is 12. The molecule has 0 saturated carbocycles. The summed E-state index contributed by atoms with van der Waals surface area (Å²) in [6.45, 7) is 15.4. The summed E-state index contributed by atoms with van der Waals surface area (Å²) in [4.78, 5) is 40.9. The van der Waals surface area contributed by atoms with Gasteiger partial charge in [-0.1, -0.05) is 65.3 Å². The van der Waals surface area contributed by atoms with E-state index in [1.807, 2.05) is 52.8 Å². The van der Waals surface area contributed by atoms with Crippen molar-refractivity contribution in [3.05, 3.63) is 48.0 Å². The molecule has 0 spiro atoms. The Labute approximate surface area is 254 Å². The van der Waals surface area contributed by atoms with Crippen LogP contribution >= 0.6 is 0 Å². The van der Waals surface area contributed by atoms with Crippen molar-refractivity contribution in [2.45, 2.75) is 86.5 Å². The molecule has 42 heavy (non-hydrogen) atoms. The molecule has 2 unspecified atom stereocenters. The number of carbonyl (C=O) groups excluding carboxylic acids is 3. The monoisotopic (exact) mass is 596 g/mol. The minimum absolute atomic E-state index is 0.00216. The summed E-state index contributed by atoms with van der Waals surface area (Å²) in [6, 6.07) is 8.98. The number of hydroxylamine groups is 1. The van der Waals surface area contributed by atoms with E-state index in [0.717, 1.165) is 25.5 Å². The Morgan fingerprint density at radius 3 is 1.93 bits per heavy atom. The summed E-state index contributed by atoms with van der Waals surface area (Å²) >= 11 is 0. The molecule has 1 N–H and O–H groups in total. The predicted octanol–water partition coefficient (Wildman–Crippen LogP) is 6.20. The van der Waals surface area contributed by atoms with E-state index in [0.29, 0.717) is 18.0 Å². The van der Waals surface area contributed by atoms with E-state index in [-0.39, 0.29) is 29.9 Å². The van der Waals surface area contributed by atoms with Crippen molar-refractivity contribution in [3.8, 4) is 0 Å². The molecule has 1 aromatic carbocycles. The second-order valence-corrected chi connectivity index (χ2v) is 9.73. The standard InChI is InChI=1S/C13H18O3.C9H16N2O2.C5H12O2.C5H10O/c1-3-7-12(15-2)10-16-13(14)11-8-5-4-6-9-11;1-5-6-8(10-4)11-13-9(12)7(2)3;1-5(2,6-3)7-4;1-3-5(2)4-6/h4-6,8-9,12H,3,7,10H2,1-2H3;5-7H,1-4H3,(H,10,11);1-4H3;4-5H,3H2,1-2H3/b;6-5-;;. The van der Waals surface area contributed by atoms with Gasteiger partial charge in [-0.2, -0.15) is 0 Å². The van der Waals surface area contributed by atoms with Gasteiger partial charge in [0.2, 0.25) is 0 Å². The van der Waals surface area contributed by atoms with Crippen LogP contribution < -0.4 is 5.48 Å². The summed E-state index contributed by atoms with van der Waals surface area (Å²) < 4.78 is 20.1. The number of methoxy groups -OCH3 is 3. The minimum Gasteiger partial charge on any atom is -0.459 e. The second-order valence-electron chi connectivity index (χ2n) is 9.73. The van der Waals surface area contributed by atoms with E-state index < -0.39 is 5.79 Å². The molecule has 10 heteroatoms. The van der Waals surface area contributed by atoms with Crippen LogP contribution in [-0.4, -0.2) is 70.9 Å². The second kappa shape index (κ2) is 28.1. The molecule has 0 aliphatic carbocycles. The maximum atomic E-state index is 11.6. The minimum atomic E-state index is -0.417. The Kier molecular flexibility index (Phi) is 29.0. The Morgan fingerprint density at radius 1 is 1.02 bits per heavy atom. The highest BCUT2D eigenvalue weighted by Crippen LogP contribution is 2.06. The number of aliphatic imine (C=N–C) groups is 1. The fraction of sp³-hybridized carbons (Fsp3) is 0.625. The van der Waals surface area contributed by atoms with Crippen LogP contribution in [-0.2, 0) is 33.4 Å². The van der Waals surface area contributed by atoms with Gasteiger partial charge < -0.3 is 28.6 Å². The number of aldehydes is 1. The normalized spacial score (nSPS) is 12.4. The molecule has 0 radical (unpaired) electrons. The van der Waals surface area contributed by atoms with Crippen LogP contribution in [0.1, 0.15) is 85.0 Å². The zero-order valence-corrected chi connectivity index (χ0v) is 27.9. The van der Waals surface area contributed by atoms with E-state index >= 15 is 0 Å². The topological polar surface area (TPSA) is 122 Å². The number of carbonyl (C=O) groups is 3. The van der Waals surface area contributed by atoms with Gasteiger partial charge in [0.05, 0.1) is 17.6 Å². The lowest BCUT2D eigenvalue weighted by molar-refractivity contribution is -0.178. The fourth-order valence-electron chi connectivity index (χ4n) is 2.13. The largest absolute Gasteiger partial charge is 0.459 e. The summed E-state index contributed by atoms with van der Waals surface area (Å²) in [6.07, 6.45) is 7.37. The molecule has 0 bridgehead atoms. The summed E-state index contributed by atoms with van der Waals surface area (Å²) in [5.74, 6) is -0.373. The van der Waals surface area contributed by atoms with Crippen molar-refractivity contribution in [3.63, 3.8) is 0 Å². The number of esters is 1. The molecule has 0 aromatic heterocycles. The first-order chi connectivity index (χ1) is 19.8. The maximum absolute atomic E-state index is 11.6. The summed E-state index contributed by atoms with van der Waals surface area (Å²) in [5.41, 5.74) is 3.04. The number of nitrogens with one attached hydrogen (secondary N) is 1. The lowest BCUT2D eigenvalue weighted by Crippen LogP contribution is -2.27. The molecule has 0 heterocycles. The first-order valence-corrected chi connectivity index (χ1v) is 14.2. The molecular weight excluding hydrogens is 540 g/mol. The smallest absolute Gasteiger partial charge is 0.338 e. The van der Waals surface area contributed by atoms with Gasteiger partial charge in [-0.3, -0.25) is 4.99 Å². The van der Waals surface area contributed by atoms with Crippen LogP contribution in [0, 0.1) is 11.8 Å². The number of amidine groups is 1. The molecule has 0 amide bonds. The fourth-order valence-corrected chi connectivity index (χ4v) is 2.13. The van der Waals surface area contributed by atoms with Gasteiger partial charge in [0.25, 0.3) is 0 Å². The molecule has 242 valence electrons. The SMILES string of the molecule is C/C=C\C(=NC)NOC(=O)C(C)C.CCC(C)C=O.CCCC(COC(=O)c1ccccc1)OC.COC(C)(C)OC. The number of hydrogen-bond acceptors (Lipinski definition) is 9. The molecule has 1 rings (SSSR count). The van der Waals surface area contributed by atoms with Crippen LogP contribution in [0.3, 0.4) is 0 Å². The van der Waals surface area contributed by atoms with Gasteiger partial charge in [0, 0.05) is 34.3 Å². The predicted molar refractivity (Wildman–Crippen MR) is 168 cm³/mol. The van der Waals surface area contributed by atoms with Crippen LogP contribution in [0.15, 0.2) is 47.5 Å². The van der Waals surface area contributed by atoms with Crippen LogP contribution in [0.2, 0.25) is 0 Å². The quantitative estimate of drug-likeness (QED) is 0.0750. The Morgan fingerprint density at radius 2 is 1.60 bits per heavy atom. The molecule has 1 aromatic rings. The number of nitrogens with zero attached hydrogens (tertiary/aromatic N) is 1. The van der Waals surface area contributed by atoms with E-state index in [4.69, 9.17) is 23.8 Å². The van der Waals surface area contributed by atoms with Crippen molar-refractivity contribution >= 4 is 24.1 Å². The zero-order chi connectivity index (χ0) is 33.0. The van der Waals surface area contributed by atoms with Gasteiger partial charge in [0.15, 0.2) is 11.6 Å². The molecule has 0 aliphatic heterocycles. The van der Waals surface area contributed by atoms with E-state index in [2.05, 4.69) is 17.4 Å². The lowest BCUT2D eigenvalue weighted by Gasteiger charge is -2.19. The van der Waals surface area contributed by atoms with Crippen molar-refractivity contribution in [1.82, 2.24) is 5.48 Å². The summed E-state index contributed by atoms with van der Waals surface area (Å²) in [7, 11) is 6.48. The van der Waals surface area contributed by atoms with E-state index in [1.54, 1.807) is 66.5 Å². The Bertz CT molecular complexity index is 865. The number of benzene rings is 1. The average molecular weight is 597 g/mol. The highest BCUT2D eigenvalue weighted by Gasteiger charge is 2.12. The maximum Gasteiger partial charge on any atom is 0.338 e. The van der Waals surface area contributed by atoms with Gasteiger partial charge in [0.1, 0.15) is 12.9 Å². The molecule has 0 saturated heterocycles. The lowest BCUT2D eigenvalue weighted by atomic mass is 10.2. The van der Waals surface area contributed by atoms with E-state index in [1.165, 1.54) is 0 Å². The highest BCUT2D eigenvalue weighted by molar-refractivity contribution is 5.92. The van der Waals surface area contributed by atoms with Gasteiger partial charge >= 0.3 is 11.9 Å². The average Bonchev–Trinajstić information content (AvgIpc) is 3.01. The van der Waals surface area contributed by atoms with Crippen molar-refractivity contribution in [1.29, 1.82) is 0 Å². The molecule has 2 atom stereocenters. The van der Waals surface area contributed by atoms with Crippen molar-refractivity contribution < 1.29 is 38.2 Å². The first-order valence-electron chi connectivity index (χ1n) is 14.2. The number of hydrogen-bond donors (Lipinski definition) is 1. The first kappa shape index (κ1) is 43.4. The Hall–Kier alpha value is -3.08. The van der Waals surface area contributed by atoms with Gasteiger partial charge in [-0.15, -0.1) is 0 Å². The third kappa shape index (κ3) is 25.9. The molecular formula is C32H56N2O8. The Balaban J connectivity index is -0.000000522. The molecule has 0 fully saturated rings. The highest BCUT2D eigenvalue weighted by atomic mass is 16.7. The van der Waals surface area contributed by atoms with Gasteiger partial charge in [-0.25, -0.2) is 15.1 Å². The van der Waals surface area contributed by atoms with E-state index in [9.17, 15) is 14.4 Å².